The van der Waals surface area contributed by atoms with Crippen LogP contribution in [0, 0.1) is 0 Å². The summed E-state index contributed by atoms with van der Waals surface area (Å²) in [6.07, 6.45) is 0. The maximum absolute atomic E-state index is 4.75. The third-order valence-electron chi connectivity index (χ3n) is 2.76. The van der Waals surface area contributed by atoms with E-state index in [0.29, 0.717) is 6.04 Å². The van der Waals surface area contributed by atoms with Crippen LogP contribution in [0.2, 0.25) is 0 Å². The highest BCUT2D eigenvalue weighted by Crippen LogP contribution is 2.24. The number of hydrogen-bond acceptors (Lipinski definition) is 3. The van der Waals surface area contributed by atoms with Crippen molar-refractivity contribution >= 4 is 27.3 Å². The minimum Gasteiger partial charge on any atom is -0.293 e. The molecule has 4 heteroatoms. The number of halogens is 1. The van der Waals surface area contributed by atoms with Crippen LogP contribution < -0.4 is 0 Å². The van der Waals surface area contributed by atoms with Crippen molar-refractivity contribution in [2.45, 2.75) is 52.6 Å². The first-order chi connectivity index (χ1) is 7.84. The summed E-state index contributed by atoms with van der Waals surface area (Å²) < 4.78 is 0. The fourth-order valence-corrected chi connectivity index (χ4v) is 3.03. The van der Waals surface area contributed by atoms with Crippen LogP contribution >= 0.6 is 27.3 Å². The van der Waals surface area contributed by atoms with Crippen molar-refractivity contribution in [3.05, 3.63) is 16.1 Å². The molecule has 0 unspecified atom stereocenters. The molecule has 0 aliphatic heterocycles. The van der Waals surface area contributed by atoms with E-state index in [1.54, 1.807) is 11.3 Å². The highest BCUT2D eigenvalue weighted by molar-refractivity contribution is 9.09. The molecule has 0 aliphatic carbocycles. The molecular weight excluding hydrogens is 296 g/mol. The standard InChI is InChI=1S/C13H23BrN2S/c1-10(2)16(7-6-14)8-12-15-11(9-17-12)13(3,4)5/h9-10H,6-8H2,1-5H3. The molecule has 0 radical (unpaired) electrons. The summed E-state index contributed by atoms with van der Waals surface area (Å²) in [6.45, 7) is 13.1. The molecule has 0 amide bonds. The van der Waals surface area contributed by atoms with Gasteiger partial charge in [0.1, 0.15) is 5.01 Å². The first-order valence-corrected chi connectivity index (χ1v) is 8.09. The molecule has 0 aromatic carbocycles. The van der Waals surface area contributed by atoms with Crippen LogP contribution in [0.5, 0.6) is 0 Å². The van der Waals surface area contributed by atoms with Crippen molar-refractivity contribution in [2.75, 3.05) is 11.9 Å². The predicted octanol–water partition coefficient (Wildman–Crippen LogP) is 4.05. The minimum absolute atomic E-state index is 0.160. The molecule has 1 rings (SSSR count). The molecule has 0 fully saturated rings. The molecule has 0 bridgehead atoms. The van der Waals surface area contributed by atoms with Crippen LogP contribution in [0.3, 0.4) is 0 Å². The van der Waals surface area contributed by atoms with E-state index >= 15 is 0 Å². The van der Waals surface area contributed by atoms with E-state index in [2.05, 4.69) is 60.8 Å². The molecule has 0 N–H and O–H groups in total. The van der Waals surface area contributed by atoms with E-state index < -0.39 is 0 Å². The van der Waals surface area contributed by atoms with Gasteiger partial charge < -0.3 is 0 Å². The molecule has 0 spiro atoms. The van der Waals surface area contributed by atoms with Gasteiger partial charge in [0.05, 0.1) is 12.2 Å². The van der Waals surface area contributed by atoms with Crippen molar-refractivity contribution in [2.24, 2.45) is 0 Å². The Labute approximate surface area is 118 Å². The average Bonchev–Trinajstić information content (AvgIpc) is 2.64. The van der Waals surface area contributed by atoms with Gasteiger partial charge in [-0.3, -0.25) is 4.90 Å². The lowest BCUT2D eigenvalue weighted by atomic mass is 9.93. The van der Waals surface area contributed by atoms with Crippen LogP contribution in [0.25, 0.3) is 0 Å². The van der Waals surface area contributed by atoms with Gasteiger partial charge in [-0.2, -0.15) is 0 Å². The second-order valence-electron chi connectivity index (χ2n) is 5.63. The zero-order chi connectivity index (χ0) is 13.1. The highest BCUT2D eigenvalue weighted by atomic mass is 79.9. The normalized spacial score (nSPS) is 12.7. The lowest BCUT2D eigenvalue weighted by Gasteiger charge is -2.24. The van der Waals surface area contributed by atoms with Gasteiger partial charge in [0.25, 0.3) is 0 Å². The molecule has 1 aromatic rings. The van der Waals surface area contributed by atoms with Crippen LogP contribution in [0.4, 0.5) is 0 Å². The first kappa shape index (κ1) is 15.1. The van der Waals surface area contributed by atoms with Crippen molar-refractivity contribution in [1.82, 2.24) is 9.88 Å². The maximum atomic E-state index is 4.75. The molecule has 98 valence electrons. The lowest BCUT2D eigenvalue weighted by Crippen LogP contribution is -2.32. The third kappa shape index (κ3) is 4.68. The van der Waals surface area contributed by atoms with Gasteiger partial charge in [0, 0.05) is 28.7 Å². The Bertz CT molecular complexity index is 341. The predicted molar refractivity (Wildman–Crippen MR) is 80.2 cm³/mol. The Morgan fingerprint density at radius 1 is 1.41 bits per heavy atom. The summed E-state index contributed by atoms with van der Waals surface area (Å²) in [7, 11) is 0. The fourth-order valence-electron chi connectivity index (χ4n) is 1.53. The fraction of sp³-hybridized carbons (Fsp3) is 0.769. The summed E-state index contributed by atoms with van der Waals surface area (Å²) in [5.41, 5.74) is 1.37. The quantitative estimate of drug-likeness (QED) is 0.761. The van der Waals surface area contributed by atoms with E-state index in [1.807, 2.05) is 0 Å². The average molecular weight is 319 g/mol. The van der Waals surface area contributed by atoms with E-state index in [4.69, 9.17) is 4.98 Å². The van der Waals surface area contributed by atoms with Crippen LogP contribution in [0.1, 0.15) is 45.3 Å². The van der Waals surface area contributed by atoms with Gasteiger partial charge in [0.2, 0.25) is 0 Å². The Morgan fingerprint density at radius 3 is 2.47 bits per heavy atom. The molecule has 17 heavy (non-hydrogen) atoms. The number of hydrogen-bond donors (Lipinski definition) is 0. The number of thiazole rings is 1. The molecular formula is C13H23BrN2S. The lowest BCUT2D eigenvalue weighted by molar-refractivity contribution is 0.227. The van der Waals surface area contributed by atoms with Gasteiger partial charge in [0.15, 0.2) is 0 Å². The van der Waals surface area contributed by atoms with Gasteiger partial charge in [-0.05, 0) is 13.8 Å². The van der Waals surface area contributed by atoms with E-state index in [1.165, 1.54) is 10.7 Å². The van der Waals surface area contributed by atoms with Crippen molar-refractivity contribution in [3.63, 3.8) is 0 Å². The van der Waals surface area contributed by atoms with Crippen molar-refractivity contribution in [3.8, 4) is 0 Å². The van der Waals surface area contributed by atoms with Gasteiger partial charge >= 0.3 is 0 Å². The number of nitrogens with zero attached hydrogens (tertiary/aromatic N) is 2. The topological polar surface area (TPSA) is 16.1 Å². The zero-order valence-corrected chi connectivity index (χ0v) is 13.9. The monoisotopic (exact) mass is 318 g/mol. The highest BCUT2D eigenvalue weighted by Gasteiger charge is 2.18. The minimum atomic E-state index is 0.160. The summed E-state index contributed by atoms with van der Waals surface area (Å²) in [4.78, 5) is 7.19. The van der Waals surface area contributed by atoms with Crippen molar-refractivity contribution in [1.29, 1.82) is 0 Å². The summed E-state index contributed by atoms with van der Waals surface area (Å²) in [5.74, 6) is 0. The smallest absolute Gasteiger partial charge is 0.107 e. The second kappa shape index (κ2) is 6.30. The first-order valence-electron chi connectivity index (χ1n) is 6.09. The maximum Gasteiger partial charge on any atom is 0.107 e. The molecule has 0 saturated heterocycles. The summed E-state index contributed by atoms with van der Waals surface area (Å²) in [5, 5.41) is 4.44. The molecule has 0 atom stereocenters. The molecule has 1 heterocycles. The van der Waals surface area contributed by atoms with E-state index in [9.17, 15) is 0 Å². The van der Waals surface area contributed by atoms with Crippen LogP contribution in [-0.4, -0.2) is 27.8 Å². The van der Waals surface area contributed by atoms with Crippen LogP contribution in [0.15, 0.2) is 5.38 Å². The Kier molecular flexibility index (Phi) is 5.61. The van der Waals surface area contributed by atoms with Gasteiger partial charge in [-0.1, -0.05) is 36.7 Å². The van der Waals surface area contributed by atoms with Crippen molar-refractivity contribution < 1.29 is 0 Å². The Hall–Kier alpha value is 0.0700. The molecule has 0 saturated carbocycles. The Morgan fingerprint density at radius 2 is 2.06 bits per heavy atom. The summed E-state index contributed by atoms with van der Waals surface area (Å²) >= 11 is 5.29. The third-order valence-corrected chi connectivity index (χ3v) is 3.95. The molecule has 0 aliphatic rings. The van der Waals surface area contributed by atoms with Gasteiger partial charge in [-0.15, -0.1) is 11.3 Å². The largest absolute Gasteiger partial charge is 0.293 e. The molecule has 2 nitrogen and oxygen atoms in total. The van der Waals surface area contributed by atoms with Gasteiger partial charge in [-0.25, -0.2) is 4.98 Å². The van der Waals surface area contributed by atoms with Crippen LogP contribution in [-0.2, 0) is 12.0 Å². The van der Waals surface area contributed by atoms with E-state index in [-0.39, 0.29) is 5.41 Å². The Balaban J connectivity index is 2.70. The number of alkyl halides is 1. The zero-order valence-electron chi connectivity index (χ0n) is 11.5. The SMILES string of the molecule is CC(C)N(CCBr)Cc1nc(C(C)(C)C)cs1. The number of aromatic nitrogens is 1. The second-order valence-corrected chi connectivity index (χ2v) is 7.37. The number of rotatable bonds is 5. The van der Waals surface area contributed by atoms with E-state index in [0.717, 1.165) is 18.4 Å². The molecule has 1 aromatic heterocycles. The summed E-state index contributed by atoms with van der Waals surface area (Å²) in [6, 6.07) is 0.564.